The van der Waals surface area contributed by atoms with Crippen LogP contribution in [0.25, 0.3) is 0 Å². The summed E-state index contributed by atoms with van der Waals surface area (Å²) in [6, 6.07) is 0.00944. The van der Waals surface area contributed by atoms with Crippen LogP contribution in [0, 0.1) is 0 Å². The van der Waals surface area contributed by atoms with E-state index in [1.54, 1.807) is 17.8 Å². The van der Waals surface area contributed by atoms with Crippen LogP contribution in [0.5, 0.6) is 0 Å². The molecule has 1 amide bonds. The lowest BCUT2D eigenvalue weighted by atomic mass is 10.2. The van der Waals surface area contributed by atoms with E-state index >= 15 is 0 Å². The highest BCUT2D eigenvalue weighted by molar-refractivity contribution is 5.92. The van der Waals surface area contributed by atoms with Gasteiger partial charge in [0.05, 0.1) is 18.3 Å². The first-order valence-electron chi connectivity index (χ1n) is 6.14. The van der Waals surface area contributed by atoms with Crippen LogP contribution in [0.2, 0.25) is 0 Å². The van der Waals surface area contributed by atoms with Crippen LogP contribution in [-0.4, -0.2) is 60.5 Å². The van der Waals surface area contributed by atoms with Crippen molar-refractivity contribution >= 4 is 5.91 Å². The van der Waals surface area contributed by atoms with Gasteiger partial charge in [0.25, 0.3) is 5.91 Å². The number of ether oxygens (including phenoxy) is 2. The second-order valence-corrected chi connectivity index (χ2v) is 4.50. The summed E-state index contributed by atoms with van der Waals surface area (Å²) in [5.74, 6) is -0.287. The lowest BCUT2D eigenvalue weighted by Gasteiger charge is -2.26. The smallest absolute Gasteiger partial charge is 0.273 e. The van der Waals surface area contributed by atoms with Crippen LogP contribution in [-0.2, 0) is 9.47 Å². The average Bonchev–Trinajstić information content (AvgIpc) is 2.77. The molecular formula is C11H19N5O3. The first-order valence-corrected chi connectivity index (χ1v) is 6.14. The Morgan fingerprint density at radius 1 is 1.53 bits per heavy atom. The molecule has 1 aliphatic heterocycles. The number of rotatable bonds is 6. The first kappa shape index (κ1) is 13.9. The molecule has 8 heteroatoms. The Bertz CT molecular complexity index is 428. The Kier molecular flexibility index (Phi) is 4.46. The van der Waals surface area contributed by atoms with Gasteiger partial charge in [-0.3, -0.25) is 4.79 Å². The van der Waals surface area contributed by atoms with Crippen LogP contribution in [0.4, 0.5) is 0 Å². The number of carbonyl (C=O) groups excluding carboxylic acids is 1. The van der Waals surface area contributed by atoms with Gasteiger partial charge >= 0.3 is 0 Å². The predicted molar refractivity (Wildman–Crippen MR) is 66.7 cm³/mol. The Labute approximate surface area is 111 Å². The number of nitrogens with one attached hydrogen (secondary N) is 2. The van der Waals surface area contributed by atoms with Crippen molar-refractivity contribution in [1.29, 1.82) is 0 Å². The molecule has 1 aliphatic rings. The highest BCUT2D eigenvalue weighted by atomic mass is 16.7. The van der Waals surface area contributed by atoms with Gasteiger partial charge in [-0.1, -0.05) is 5.21 Å². The number of nitrogens with zero attached hydrogens (tertiary/aromatic N) is 3. The second kappa shape index (κ2) is 6.09. The van der Waals surface area contributed by atoms with Crippen LogP contribution in [0.3, 0.4) is 0 Å². The van der Waals surface area contributed by atoms with E-state index in [4.69, 9.17) is 9.47 Å². The number of carbonyl (C=O) groups is 1. The maximum absolute atomic E-state index is 12.0. The number of aromatic nitrogens is 3. The highest BCUT2D eigenvalue weighted by Crippen LogP contribution is 2.10. The van der Waals surface area contributed by atoms with Gasteiger partial charge in [0.1, 0.15) is 0 Å². The van der Waals surface area contributed by atoms with Gasteiger partial charge < -0.3 is 20.1 Å². The van der Waals surface area contributed by atoms with E-state index in [0.29, 0.717) is 5.69 Å². The van der Waals surface area contributed by atoms with Crippen molar-refractivity contribution in [3.8, 4) is 0 Å². The molecule has 2 rings (SSSR count). The predicted octanol–water partition coefficient (Wildman–Crippen LogP) is -0.840. The van der Waals surface area contributed by atoms with E-state index in [0.717, 1.165) is 13.1 Å². The van der Waals surface area contributed by atoms with Gasteiger partial charge in [-0.25, -0.2) is 4.68 Å². The lowest BCUT2D eigenvalue weighted by Crippen LogP contribution is -2.44. The summed E-state index contributed by atoms with van der Waals surface area (Å²) in [6.45, 7) is 3.52. The van der Waals surface area contributed by atoms with Crippen LogP contribution in [0.1, 0.15) is 23.5 Å². The minimum atomic E-state index is -0.491. The van der Waals surface area contributed by atoms with Gasteiger partial charge in [-0.05, 0) is 6.92 Å². The van der Waals surface area contributed by atoms with E-state index in [-0.39, 0.29) is 18.0 Å². The van der Waals surface area contributed by atoms with Crippen molar-refractivity contribution in [2.45, 2.75) is 25.3 Å². The molecule has 106 valence electrons. The van der Waals surface area contributed by atoms with Gasteiger partial charge in [0.2, 0.25) is 0 Å². The first-order chi connectivity index (χ1) is 9.15. The maximum atomic E-state index is 12.0. The Hall–Kier alpha value is -1.51. The van der Waals surface area contributed by atoms with Gasteiger partial charge in [0, 0.05) is 27.3 Å². The van der Waals surface area contributed by atoms with Crippen LogP contribution < -0.4 is 10.6 Å². The number of hydrogen-bond donors (Lipinski definition) is 2. The zero-order valence-electron chi connectivity index (χ0n) is 11.3. The second-order valence-electron chi connectivity index (χ2n) is 4.50. The van der Waals surface area contributed by atoms with Crippen molar-refractivity contribution in [3.05, 3.63) is 11.9 Å². The third-order valence-electron chi connectivity index (χ3n) is 3.11. The largest absolute Gasteiger partial charge is 0.354 e. The lowest BCUT2D eigenvalue weighted by molar-refractivity contribution is -0.117. The molecule has 1 aromatic heterocycles. The summed E-state index contributed by atoms with van der Waals surface area (Å²) in [5, 5.41) is 13.7. The molecule has 19 heavy (non-hydrogen) atoms. The molecular weight excluding hydrogens is 250 g/mol. The fourth-order valence-corrected chi connectivity index (χ4v) is 1.87. The molecule has 8 nitrogen and oxygen atoms in total. The third kappa shape index (κ3) is 3.09. The fourth-order valence-electron chi connectivity index (χ4n) is 1.87. The third-order valence-corrected chi connectivity index (χ3v) is 3.11. The van der Waals surface area contributed by atoms with Crippen molar-refractivity contribution in [3.63, 3.8) is 0 Å². The number of hydrogen-bond acceptors (Lipinski definition) is 6. The van der Waals surface area contributed by atoms with E-state index in [1.807, 2.05) is 0 Å². The van der Waals surface area contributed by atoms with Gasteiger partial charge in [-0.2, -0.15) is 0 Å². The SMILES string of the molecule is COC(OC)C(C)NC(=O)c1cn(C2CNC2)nn1. The van der Waals surface area contributed by atoms with E-state index in [9.17, 15) is 4.79 Å². The van der Waals surface area contributed by atoms with Gasteiger partial charge in [-0.15, -0.1) is 5.10 Å². The summed E-state index contributed by atoms with van der Waals surface area (Å²) >= 11 is 0. The van der Waals surface area contributed by atoms with Crippen LogP contribution in [0.15, 0.2) is 6.20 Å². The normalized spacial score (nSPS) is 17.3. The molecule has 1 saturated heterocycles. The molecule has 1 atom stereocenters. The number of methoxy groups -OCH3 is 2. The van der Waals surface area contributed by atoms with Gasteiger partial charge in [0.15, 0.2) is 12.0 Å². The molecule has 0 aromatic carbocycles. The topological polar surface area (TPSA) is 90.3 Å². The minimum Gasteiger partial charge on any atom is -0.354 e. The minimum absolute atomic E-state index is 0.280. The maximum Gasteiger partial charge on any atom is 0.273 e. The fraction of sp³-hybridized carbons (Fsp3) is 0.727. The molecule has 0 aliphatic carbocycles. The summed E-state index contributed by atoms with van der Waals surface area (Å²) in [5.41, 5.74) is 0.296. The van der Waals surface area contributed by atoms with E-state index in [1.165, 1.54) is 14.2 Å². The van der Waals surface area contributed by atoms with E-state index in [2.05, 4.69) is 20.9 Å². The molecule has 0 saturated carbocycles. The molecule has 2 heterocycles. The molecule has 0 bridgehead atoms. The van der Waals surface area contributed by atoms with E-state index < -0.39 is 6.29 Å². The Balaban J connectivity index is 1.93. The monoisotopic (exact) mass is 269 g/mol. The highest BCUT2D eigenvalue weighted by Gasteiger charge is 2.23. The summed E-state index contributed by atoms with van der Waals surface area (Å²) < 4.78 is 11.9. The molecule has 1 fully saturated rings. The van der Waals surface area contributed by atoms with Crippen LogP contribution >= 0.6 is 0 Å². The van der Waals surface area contributed by atoms with Crippen molar-refractivity contribution in [2.24, 2.45) is 0 Å². The standard InChI is InChI=1S/C11H19N5O3/c1-7(11(18-2)19-3)13-10(17)9-6-16(15-14-9)8-4-12-5-8/h6-8,11-12H,4-5H2,1-3H3,(H,13,17). The Morgan fingerprint density at radius 3 is 2.74 bits per heavy atom. The summed E-state index contributed by atoms with van der Waals surface area (Å²) in [7, 11) is 3.05. The quantitative estimate of drug-likeness (QED) is 0.654. The molecule has 0 radical (unpaired) electrons. The summed E-state index contributed by atoms with van der Waals surface area (Å²) in [4.78, 5) is 12.0. The van der Waals surface area contributed by atoms with Crippen molar-refractivity contribution in [2.75, 3.05) is 27.3 Å². The summed E-state index contributed by atoms with van der Waals surface area (Å²) in [6.07, 6.45) is 1.16. The Morgan fingerprint density at radius 2 is 2.21 bits per heavy atom. The molecule has 2 N–H and O–H groups in total. The zero-order valence-corrected chi connectivity index (χ0v) is 11.3. The van der Waals surface area contributed by atoms with Crippen molar-refractivity contribution < 1.29 is 14.3 Å². The molecule has 0 spiro atoms. The zero-order chi connectivity index (χ0) is 13.8. The average molecular weight is 269 g/mol. The molecule has 1 aromatic rings. The van der Waals surface area contributed by atoms with Crippen molar-refractivity contribution in [1.82, 2.24) is 25.6 Å². The molecule has 1 unspecified atom stereocenters. The number of amides is 1.